The average molecular weight is 357 g/mol. The SMILES string of the molecule is N[C@H](CC1CCCCC1)C(/C(=C\CC1CCCC1)C(=O)O)[PH](=O)O. The zero-order valence-corrected chi connectivity index (χ0v) is 15.5. The van der Waals surface area contributed by atoms with Crippen LogP contribution in [0.3, 0.4) is 0 Å². The lowest BCUT2D eigenvalue weighted by Crippen LogP contribution is -2.38. The molecule has 6 heteroatoms. The summed E-state index contributed by atoms with van der Waals surface area (Å²) in [6, 6.07) is -0.546. The van der Waals surface area contributed by atoms with Crippen LogP contribution in [0.5, 0.6) is 0 Å². The molecule has 2 fully saturated rings. The third kappa shape index (κ3) is 5.72. The summed E-state index contributed by atoms with van der Waals surface area (Å²) in [6.07, 6.45) is 13.5. The Morgan fingerprint density at radius 2 is 1.62 bits per heavy atom. The quantitative estimate of drug-likeness (QED) is 0.454. The summed E-state index contributed by atoms with van der Waals surface area (Å²) in [5.74, 6) is -0.123. The molecule has 0 saturated heterocycles. The predicted molar refractivity (Wildman–Crippen MR) is 96.5 cm³/mol. The van der Waals surface area contributed by atoms with Crippen molar-refractivity contribution in [2.75, 3.05) is 0 Å². The van der Waals surface area contributed by atoms with Crippen molar-refractivity contribution in [1.29, 1.82) is 0 Å². The van der Waals surface area contributed by atoms with Crippen LogP contribution in [0.1, 0.15) is 70.6 Å². The van der Waals surface area contributed by atoms with E-state index in [1.54, 1.807) is 6.08 Å². The normalized spacial score (nSPS) is 24.7. The maximum Gasteiger partial charge on any atom is 0.332 e. The van der Waals surface area contributed by atoms with Crippen LogP contribution < -0.4 is 5.73 Å². The molecule has 2 aliphatic rings. The Bertz CT molecular complexity index is 468. The highest BCUT2D eigenvalue weighted by Gasteiger charge is 2.33. The molecule has 2 rings (SSSR count). The molecule has 0 aromatic heterocycles. The molecule has 0 amide bonds. The fourth-order valence-electron chi connectivity index (χ4n) is 4.38. The summed E-state index contributed by atoms with van der Waals surface area (Å²) in [4.78, 5) is 21.5. The zero-order chi connectivity index (χ0) is 17.5. The van der Waals surface area contributed by atoms with Gasteiger partial charge in [0.2, 0.25) is 0 Å². The maximum atomic E-state index is 11.9. The smallest absolute Gasteiger partial charge is 0.332 e. The number of hydrogen-bond donors (Lipinski definition) is 3. The first-order valence-corrected chi connectivity index (χ1v) is 10.8. The van der Waals surface area contributed by atoms with Gasteiger partial charge in [0.1, 0.15) is 0 Å². The van der Waals surface area contributed by atoms with Gasteiger partial charge in [-0.3, -0.25) is 4.57 Å². The van der Waals surface area contributed by atoms with Crippen LogP contribution in [-0.2, 0) is 9.36 Å². The van der Waals surface area contributed by atoms with Crippen molar-refractivity contribution in [2.24, 2.45) is 17.6 Å². The van der Waals surface area contributed by atoms with Gasteiger partial charge in [-0.1, -0.05) is 63.9 Å². The van der Waals surface area contributed by atoms with Gasteiger partial charge in [-0.15, -0.1) is 0 Å². The van der Waals surface area contributed by atoms with Crippen molar-refractivity contribution in [3.05, 3.63) is 11.6 Å². The summed E-state index contributed by atoms with van der Waals surface area (Å²) < 4.78 is 11.9. The van der Waals surface area contributed by atoms with Gasteiger partial charge in [0, 0.05) is 11.6 Å². The summed E-state index contributed by atoms with van der Waals surface area (Å²) in [5.41, 5.74) is 5.38. The van der Waals surface area contributed by atoms with E-state index in [1.807, 2.05) is 0 Å². The van der Waals surface area contributed by atoms with E-state index in [-0.39, 0.29) is 5.57 Å². The van der Waals surface area contributed by atoms with Gasteiger partial charge in [0.15, 0.2) is 8.03 Å². The number of allylic oxidation sites excluding steroid dienone is 1. The van der Waals surface area contributed by atoms with Gasteiger partial charge in [0.05, 0.1) is 5.66 Å². The third-order valence-electron chi connectivity index (χ3n) is 5.75. The Morgan fingerprint density at radius 1 is 1.08 bits per heavy atom. The maximum absolute atomic E-state index is 11.9. The van der Waals surface area contributed by atoms with Crippen molar-refractivity contribution < 1.29 is 19.4 Å². The molecular weight excluding hydrogens is 325 g/mol. The summed E-state index contributed by atoms with van der Waals surface area (Å²) in [5, 5.41) is 9.56. The van der Waals surface area contributed by atoms with Crippen LogP contribution in [0.2, 0.25) is 0 Å². The second-order valence-electron chi connectivity index (χ2n) is 7.57. The lowest BCUT2D eigenvalue weighted by atomic mass is 9.83. The van der Waals surface area contributed by atoms with Gasteiger partial charge < -0.3 is 15.7 Å². The van der Waals surface area contributed by atoms with Crippen molar-refractivity contribution in [2.45, 2.75) is 82.3 Å². The number of rotatable bonds is 8. The van der Waals surface area contributed by atoms with Gasteiger partial charge in [-0.05, 0) is 24.7 Å². The van der Waals surface area contributed by atoms with Crippen LogP contribution in [0.15, 0.2) is 11.6 Å². The zero-order valence-electron chi connectivity index (χ0n) is 14.5. The molecule has 3 atom stereocenters. The molecule has 138 valence electrons. The van der Waals surface area contributed by atoms with E-state index in [9.17, 15) is 19.4 Å². The average Bonchev–Trinajstić information content (AvgIpc) is 3.04. The van der Waals surface area contributed by atoms with Gasteiger partial charge in [-0.25, -0.2) is 4.79 Å². The van der Waals surface area contributed by atoms with Crippen LogP contribution in [0, 0.1) is 11.8 Å². The Morgan fingerprint density at radius 3 is 2.17 bits per heavy atom. The lowest BCUT2D eigenvalue weighted by molar-refractivity contribution is -0.132. The highest BCUT2D eigenvalue weighted by atomic mass is 31.1. The van der Waals surface area contributed by atoms with Gasteiger partial charge in [0.25, 0.3) is 0 Å². The molecule has 2 saturated carbocycles. The van der Waals surface area contributed by atoms with E-state index < -0.39 is 25.7 Å². The minimum absolute atomic E-state index is 0.0663. The molecule has 0 aromatic carbocycles. The van der Waals surface area contributed by atoms with Crippen LogP contribution in [0.4, 0.5) is 0 Å². The summed E-state index contributed by atoms with van der Waals surface area (Å²) in [7, 11) is -3.03. The fourth-order valence-corrected chi connectivity index (χ4v) is 5.39. The largest absolute Gasteiger partial charge is 0.478 e. The molecule has 2 aliphatic carbocycles. The van der Waals surface area contributed by atoms with E-state index in [0.717, 1.165) is 25.7 Å². The van der Waals surface area contributed by atoms with E-state index in [1.165, 1.54) is 32.1 Å². The number of carboxylic acids is 1. The molecule has 0 bridgehead atoms. The molecule has 0 heterocycles. The highest BCUT2D eigenvalue weighted by Crippen LogP contribution is 2.37. The van der Waals surface area contributed by atoms with Crippen LogP contribution in [0.25, 0.3) is 0 Å². The Kier molecular flexibility index (Phi) is 7.99. The number of carbonyl (C=O) groups is 1. The Hall–Kier alpha value is -0.640. The predicted octanol–water partition coefficient (Wildman–Crippen LogP) is 3.71. The minimum Gasteiger partial charge on any atom is -0.478 e. The van der Waals surface area contributed by atoms with Crippen molar-refractivity contribution in [3.63, 3.8) is 0 Å². The second-order valence-corrected chi connectivity index (χ2v) is 8.87. The van der Waals surface area contributed by atoms with E-state index in [4.69, 9.17) is 5.73 Å². The first-order valence-electron chi connectivity index (χ1n) is 9.40. The van der Waals surface area contributed by atoms with Crippen molar-refractivity contribution in [3.8, 4) is 0 Å². The first kappa shape index (κ1) is 19.7. The minimum atomic E-state index is -3.03. The molecule has 5 nitrogen and oxygen atoms in total. The molecular formula is C18H32NO4P. The lowest BCUT2D eigenvalue weighted by Gasteiger charge is -2.28. The number of nitrogens with two attached hydrogens (primary N) is 1. The highest BCUT2D eigenvalue weighted by molar-refractivity contribution is 7.39. The van der Waals surface area contributed by atoms with Crippen molar-refractivity contribution in [1.82, 2.24) is 0 Å². The topological polar surface area (TPSA) is 101 Å². The summed E-state index contributed by atoms with van der Waals surface area (Å²) >= 11 is 0. The Balaban J connectivity index is 2.06. The van der Waals surface area contributed by atoms with Crippen LogP contribution in [-0.4, -0.2) is 27.7 Å². The number of carboxylic acid groups (broad SMARTS) is 1. The second kappa shape index (κ2) is 9.74. The Labute approximate surface area is 145 Å². The standard InChI is InChI=1S/C18H32NO4P/c19-16(12-14-8-2-1-3-9-14)17(24(22)23)15(18(20)21)11-10-13-6-4-5-7-13/h11,13-14,16-17,24H,1-10,12,19H2,(H,20,21)(H,22,23)/b15-11+/t16-,17?/m1/s1. The molecule has 2 unspecified atom stereocenters. The molecule has 4 N–H and O–H groups in total. The van der Waals surface area contributed by atoms with E-state index in [0.29, 0.717) is 24.7 Å². The van der Waals surface area contributed by atoms with Crippen LogP contribution >= 0.6 is 8.03 Å². The fraction of sp³-hybridized carbons (Fsp3) is 0.833. The number of aliphatic carboxylic acids is 1. The molecule has 0 radical (unpaired) electrons. The molecule has 0 aliphatic heterocycles. The molecule has 0 spiro atoms. The van der Waals surface area contributed by atoms with Gasteiger partial charge >= 0.3 is 5.97 Å². The number of hydrogen-bond acceptors (Lipinski definition) is 3. The molecule has 24 heavy (non-hydrogen) atoms. The van der Waals surface area contributed by atoms with Gasteiger partial charge in [-0.2, -0.15) is 0 Å². The summed E-state index contributed by atoms with van der Waals surface area (Å²) in [6.45, 7) is 0. The third-order valence-corrected chi connectivity index (χ3v) is 7.02. The van der Waals surface area contributed by atoms with E-state index >= 15 is 0 Å². The molecule has 0 aromatic rings. The monoisotopic (exact) mass is 357 g/mol. The first-order chi connectivity index (χ1) is 11.5. The van der Waals surface area contributed by atoms with Crippen molar-refractivity contribution >= 4 is 14.0 Å². The van der Waals surface area contributed by atoms with E-state index in [2.05, 4.69) is 0 Å².